The lowest BCUT2D eigenvalue weighted by atomic mass is 9.97. The smallest absolute Gasteiger partial charge is 0.0784 e. The van der Waals surface area contributed by atoms with Gasteiger partial charge in [-0.3, -0.25) is 0 Å². The first-order valence-corrected chi connectivity index (χ1v) is 10.3. The van der Waals surface area contributed by atoms with Crippen molar-refractivity contribution in [3.05, 3.63) is 65.2 Å². The van der Waals surface area contributed by atoms with Gasteiger partial charge in [0.25, 0.3) is 0 Å². The summed E-state index contributed by atoms with van der Waals surface area (Å²) in [5, 5.41) is 3.35. The van der Waals surface area contributed by atoms with Crippen molar-refractivity contribution in [2.75, 3.05) is 5.32 Å². The van der Waals surface area contributed by atoms with Crippen LogP contribution in [0.25, 0.3) is 0 Å². The predicted octanol–water partition coefficient (Wildman–Crippen LogP) is 6.58. The zero-order valence-electron chi connectivity index (χ0n) is 17.8. The maximum Gasteiger partial charge on any atom is 0.0784 e. The van der Waals surface area contributed by atoms with Crippen molar-refractivity contribution < 1.29 is 0 Å². The van der Waals surface area contributed by atoms with Crippen LogP contribution in [0, 0.1) is 0 Å². The van der Waals surface area contributed by atoms with Crippen LogP contribution in [0.4, 0.5) is 5.69 Å². The van der Waals surface area contributed by atoms with Gasteiger partial charge in [0, 0.05) is 12.1 Å². The van der Waals surface area contributed by atoms with Gasteiger partial charge in [0.05, 0.1) is 6.17 Å². The lowest BCUT2D eigenvalue weighted by molar-refractivity contribution is 0.751. The zero-order chi connectivity index (χ0) is 19.8. The Balaban J connectivity index is 0.00000113. The first-order valence-electron chi connectivity index (χ1n) is 10.3. The summed E-state index contributed by atoms with van der Waals surface area (Å²) < 4.78 is 0. The van der Waals surface area contributed by atoms with Gasteiger partial charge < -0.3 is 11.1 Å². The zero-order valence-corrected chi connectivity index (χ0v) is 17.8. The Morgan fingerprint density at radius 1 is 0.885 bits per heavy atom. The maximum absolute atomic E-state index is 6.21. The number of nitrogens with two attached hydrogens (primary N) is 1. The molecule has 146 valence electrons. The monoisotopic (exact) mass is 356 g/mol. The number of para-hydroxylation sites is 1. The van der Waals surface area contributed by atoms with Gasteiger partial charge in [0.15, 0.2) is 0 Å². The van der Waals surface area contributed by atoms with Gasteiger partial charge in [0.1, 0.15) is 0 Å². The minimum Gasteiger partial charge on any atom is -0.370 e. The molecule has 0 bridgehead atoms. The Kier molecular flexibility index (Phi) is 14.4. The summed E-state index contributed by atoms with van der Waals surface area (Å²) in [5.41, 5.74) is 11.5. The average molecular weight is 357 g/mol. The highest BCUT2D eigenvalue weighted by Crippen LogP contribution is 2.16. The van der Waals surface area contributed by atoms with Crippen LogP contribution >= 0.6 is 0 Å². The van der Waals surface area contributed by atoms with E-state index in [1.165, 1.54) is 29.5 Å². The van der Waals surface area contributed by atoms with Crippen LogP contribution in [-0.2, 0) is 19.3 Å². The molecule has 2 rings (SSSR count). The number of rotatable bonds is 7. The van der Waals surface area contributed by atoms with Gasteiger partial charge >= 0.3 is 0 Å². The highest BCUT2D eigenvalue weighted by molar-refractivity contribution is 5.43. The molecule has 0 saturated carbocycles. The molecule has 2 nitrogen and oxygen atoms in total. The van der Waals surface area contributed by atoms with Gasteiger partial charge in [-0.2, -0.15) is 0 Å². The third-order valence-corrected chi connectivity index (χ3v) is 3.75. The fourth-order valence-corrected chi connectivity index (χ4v) is 2.70. The Hall–Kier alpha value is -1.80. The van der Waals surface area contributed by atoms with E-state index in [0.29, 0.717) is 0 Å². The molecule has 0 aromatic heterocycles. The van der Waals surface area contributed by atoms with Crippen LogP contribution in [0.3, 0.4) is 0 Å². The molecule has 0 saturated heterocycles. The van der Waals surface area contributed by atoms with Gasteiger partial charge in [0.2, 0.25) is 0 Å². The second-order valence-electron chi connectivity index (χ2n) is 6.23. The number of nitrogens with one attached hydrogen (secondary N) is 1. The van der Waals surface area contributed by atoms with Crippen molar-refractivity contribution in [3.63, 3.8) is 0 Å². The van der Waals surface area contributed by atoms with E-state index in [9.17, 15) is 0 Å². The molecule has 2 heteroatoms. The van der Waals surface area contributed by atoms with E-state index < -0.39 is 0 Å². The predicted molar refractivity (Wildman–Crippen MR) is 119 cm³/mol. The van der Waals surface area contributed by atoms with Crippen LogP contribution in [0.5, 0.6) is 0 Å². The molecule has 0 radical (unpaired) electrons. The molecule has 1 atom stereocenters. The Bertz CT molecular complexity index is 564. The number of hydrogen-bond donors (Lipinski definition) is 2. The fourth-order valence-electron chi connectivity index (χ4n) is 2.70. The van der Waals surface area contributed by atoms with E-state index in [-0.39, 0.29) is 6.17 Å². The van der Waals surface area contributed by atoms with Crippen LogP contribution in [0.1, 0.15) is 71.1 Å². The van der Waals surface area contributed by atoms with Crippen molar-refractivity contribution in [1.29, 1.82) is 0 Å². The summed E-state index contributed by atoms with van der Waals surface area (Å²) in [6.45, 7) is 12.7. The Labute approximate surface area is 162 Å². The molecule has 3 N–H and O–H groups in total. The molecule has 0 fully saturated rings. The van der Waals surface area contributed by atoms with E-state index in [4.69, 9.17) is 5.73 Å². The highest BCUT2D eigenvalue weighted by atomic mass is 15.0. The van der Waals surface area contributed by atoms with Crippen LogP contribution < -0.4 is 11.1 Å². The van der Waals surface area contributed by atoms with E-state index >= 15 is 0 Å². The van der Waals surface area contributed by atoms with Gasteiger partial charge in [-0.25, -0.2) is 0 Å². The molecule has 2 aromatic carbocycles. The topological polar surface area (TPSA) is 38.0 Å². The Morgan fingerprint density at radius 2 is 1.50 bits per heavy atom. The molecule has 0 aliphatic rings. The molecule has 0 heterocycles. The summed E-state index contributed by atoms with van der Waals surface area (Å²) in [6.07, 6.45) is 5.48. The number of aryl methyl sites for hydroxylation is 2. The van der Waals surface area contributed by atoms with Crippen molar-refractivity contribution >= 4 is 5.69 Å². The molecule has 0 aliphatic heterocycles. The highest BCUT2D eigenvalue weighted by Gasteiger charge is 2.07. The lowest BCUT2D eigenvalue weighted by Crippen LogP contribution is -2.31. The van der Waals surface area contributed by atoms with Crippen molar-refractivity contribution in [3.8, 4) is 0 Å². The van der Waals surface area contributed by atoms with E-state index in [1.807, 2.05) is 44.2 Å². The number of hydrogen-bond acceptors (Lipinski definition) is 2. The largest absolute Gasteiger partial charge is 0.370 e. The summed E-state index contributed by atoms with van der Waals surface area (Å²) in [4.78, 5) is 0. The first-order chi connectivity index (χ1) is 12.6. The van der Waals surface area contributed by atoms with Crippen molar-refractivity contribution in [2.45, 2.75) is 79.8 Å². The fraction of sp³-hybridized carbons (Fsp3) is 0.500. The van der Waals surface area contributed by atoms with Crippen LogP contribution in [0.15, 0.2) is 48.5 Å². The minimum atomic E-state index is -0.0610. The number of anilines is 1. The van der Waals surface area contributed by atoms with E-state index in [0.717, 1.165) is 24.9 Å². The standard InChI is InChI=1S/C19H26N2.C3H8.C2H6/c1-3-8-17-12-11-15(13-16(17)4-2)14-19(20)21-18-9-6-5-7-10-18;1-3-2;1-2/h5-7,9-13,19,21H,3-4,8,14,20H2,1-2H3;3H2,1-2H3;1-2H3. The second-order valence-corrected chi connectivity index (χ2v) is 6.23. The van der Waals surface area contributed by atoms with E-state index in [1.54, 1.807) is 0 Å². The SMILES string of the molecule is CC.CCC.CCCc1ccc(CC(N)Nc2ccccc2)cc1CC. The lowest BCUT2D eigenvalue weighted by Gasteiger charge is -2.17. The average Bonchev–Trinajstić information content (AvgIpc) is 2.66. The molecular formula is C24H40N2. The van der Waals surface area contributed by atoms with Crippen molar-refractivity contribution in [2.24, 2.45) is 5.73 Å². The normalized spacial score (nSPS) is 10.7. The van der Waals surface area contributed by atoms with Gasteiger partial charge in [-0.05, 0) is 41.7 Å². The molecular weight excluding hydrogens is 316 g/mol. The Morgan fingerprint density at radius 3 is 2.04 bits per heavy atom. The summed E-state index contributed by atoms with van der Waals surface area (Å²) in [6, 6.07) is 16.9. The van der Waals surface area contributed by atoms with Crippen LogP contribution in [-0.4, -0.2) is 6.17 Å². The van der Waals surface area contributed by atoms with Crippen LogP contribution in [0.2, 0.25) is 0 Å². The molecule has 0 spiro atoms. The third kappa shape index (κ3) is 9.62. The quantitative estimate of drug-likeness (QED) is 0.550. The first kappa shape index (κ1) is 24.2. The van der Waals surface area contributed by atoms with E-state index in [2.05, 4.69) is 51.2 Å². The molecule has 0 amide bonds. The van der Waals surface area contributed by atoms with Gasteiger partial charge in [-0.1, -0.05) is 90.8 Å². The molecule has 2 aromatic rings. The van der Waals surface area contributed by atoms with Crippen molar-refractivity contribution in [1.82, 2.24) is 0 Å². The summed E-state index contributed by atoms with van der Waals surface area (Å²) in [5.74, 6) is 0. The molecule has 0 aliphatic carbocycles. The summed E-state index contributed by atoms with van der Waals surface area (Å²) in [7, 11) is 0. The molecule has 26 heavy (non-hydrogen) atoms. The summed E-state index contributed by atoms with van der Waals surface area (Å²) >= 11 is 0. The molecule has 1 unspecified atom stereocenters. The number of benzene rings is 2. The third-order valence-electron chi connectivity index (χ3n) is 3.75. The second kappa shape index (κ2) is 15.5. The minimum absolute atomic E-state index is 0.0610. The maximum atomic E-state index is 6.21. The van der Waals surface area contributed by atoms with Gasteiger partial charge in [-0.15, -0.1) is 0 Å².